The molecule has 0 N–H and O–H groups in total. The molecule has 0 radical (unpaired) electrons. The minimum atomic E-state index is -0.518. The van der Waals surface area contributed by atoms with Gasteiger partial charge in [-0.1, -0.05) is 24.3 Å². The molecule has 0 aromatic heterocycles. The Hall–Kier alpha value is -2.67. The highest BCUT2D eigenvalue weighted by atomic mass is 19.1. The SMILES string of the molecule is COC(=O)Cc1ccc2c(c1)C(C#N)c1cc(F)ccc1CC2. The van der Waals surface area contributed by atoms with E-state index in [1.165, 1.54) is 19.2 Å². The van der Waals surface area contributed by atoms with E-state index in [1.807, 2.05) is 18.2 Å². The van der Waals surface area contributed by atoms with Crippen molar-refractivity contribution in [1.82, 2.24) is 0 Å². The van der Waals surface area contributed by atoms with Crippen LogP contribution in [0, 0.1) is 17.1 Å². The van der Waals surface area contributed by atoms with Crippen LogP contribution >= 0.6 is 0 Å². The second-order valence-corrected chi connectivity index (χ2v) is 5.69. The van der Waals surface area contributed by atoms with Crippen LogP contribution < -0.4 is 0 Å². The van der Waals surface area contributed by atoms with E-state index in [-0.39, 0.29) is 18.2 Å². The molecule has 0 spiro atoms. The molecule has 0 fully saturated rings. The van der Waals surface area contributed by atoms with E-state index in [0.717, 1.165) is 40.7 Å². The monoisotopic (exact) mass is 309 g/mol. The zero-order valence-electron chi connectivity index (χ0n) is 12.8. The van der Waals surface area contributed by atoms with Crippen molar-refractivity contribution in [2.45, 2.75) is 25.2 Å². The van der Waals surface area contributed by atoms with Gasteiger partial charge in [0.15, 0.2) is 0 Å². The predicted octanol–water partition coefficient (Wildman–Crippen LogP) is 3.30. The van der Waals surface area contributed by atoms with E-state index in [1.54, 1.807) is 6.07 Å². The van der Waals surface area contributed by atoms with E-state index >= 15 is 0 Å². The van der Waals surface area contributed by atoms with Crippen molar-refractivity contribution in [1.29, 1.82) is 5.26 Å². The number of halogens is 1. The number of methoxy groups -OCH3 is 1. The van der Waals surface area contributed by atoms with Gasteiger partial charge in [-0.2, -0.15) is 5.26 Å². The third kappa shape index (κ3) is 2.95. The smallest absolute Gasteiger partial charge is 0.309 e. The molecule has 2 aromatic rings. The van der Waals surface area contributed by atoms with Crippen LogP contribution in [-0.4, -0.2) is 13.1 Å². The summed E-state index contributed by atoms with van der Waals surface area (Å²) in [6, 6.07) is 12.7. The molecule has 2 aromatic carbocycles. The molecule has 0 bridgehead atoms. The van der Waals surface area contributed by atoms with Crippen LogP contribution in [0.15, 0.2) is 36.4 Å². The number of nitriles is 1. The van der Waals surface area contributed by atoms with Gasteiger partial charge in [-0.25, -0.2) is 4.39 Å². The number of ether oxygens (including phenoxy) is 1. The minimum Gasteiger partial charge on any atom is -0.469 e. The molecule has 3 nitrogen and oxygen atoms in total. The topological polar surface area (TPSA) is 50.1 Å². The van der Waals surface area contributed by atoms with Crippen LogP contribution in [-0.2, 0) is 28.8 Å². The summed E-state index contributed by atoms with van der Waals surface area (Å²) in [5.41, 5.74) is 4.46. The van der Waals surface area contributed by atoms with Crippen molar-refractivity contribution in [2.24, 2.45) is 0 Å². The summed E-state index contributed by atoms with van der Waals surface area (Å²) in [7, 11) is 1.35. The number of esters is 1. The highest BCUT2D eigenvalue weighted by Crippen LogP contribution is 2.35. The fourth-order valence-corrected chi connectivity index (χ4v) is 3.13. The van der Waals surface area contributed by atoms with Gasteiger partial charge >= 0.3 is 5.97 Å². The Morgan fingerprint density at radius 1 is 1.22 bits per heavy atom. The van der Waals surface area contributed by atoms with Gasteiger partial charge in [0.1, 0.15) is 5.82 Å². The maximum Gasteiger partial charge on any atom is 0.309 e. The van der Waals surface area contributed by atoms with Gasteiger partial charge in [-0.05, 0) is 52.8 Å². The van der Waals surface area contributed by atoms with Crippen molar-refractivity contribution >= 4 is 5.97 Å². The third-order valence-corrected chi connectivity index (χ3v) is 4.31. The summed E-state index contributed by atoms with van der Waals surface area (Å²) >= 11 is 0. The lowest BCUT2D eigenvalue weighted by molar-refractivity contribution is -0.139. The second-order valence-electron chi connectivity index (χ2n) is 5.69. The molecule has 116 valence electrons. The Balaban J connectivity index is 2.08. The molecular formula is C19H16FNO2. The molecule has 0 heterocycles. The lowest BCUT2D eigenvalue weighted by atomic mass is 9.88. The van der Waals surface area contributed by atoms with Crippen LogP contribution in [0.4, 0.5) is 4.39 Å². The largest absolute Gasteiger partial charge is 0.469 e. The molecular weight excluding hydrogens is 293 g/mol. The fourth-order valence-electron chi connectivity index (χ4n) is 3.13. The van der Waals surface area contributed by atoms with E-state index in [2.05, 4.69) is 6.07 Å². The first-order chi connectivity index (χ1) is 11.1. The molecule has 0 amide bonds. The van der Waals surface area contributed by atoms with E-state index in [9.17, 15) is 14.4 Å². The Morgan fingerprint density at radius 3 is 2.52 bits per heavy atom. The highest BCUT2D eigenvalue weighted by molar-refractivity contribution is 5.72. The normalized spacial score (nSPS) is 15.8. The van der Waals surface area contributed by atoms with Gasteiger partial charge < -0.3 is 4.74 Å². The Morgan fingerprint density at radius 2 is 1.87 bits per heavy atom. The molecule has 0 saturated heterocycles. The summed E-state index contributed by atoms with van der Waals surface area (Å²) in [5, 5.41) is 9.66. The quantitative estimate of drug-likeness (QED) is 0.800. The number of carbonyl (C=O) groups excluding carboxylic acids is 1. The number of aryl methyl sites for hydroxylation is 2. The van der Waals surface area contributed by atoms with Crippen molar-refractivity contribution in [3.05, 3.63) is 70.0 Å². The van der Waals surface area contributed by atoms with E-state index in [4.69, 9.17) is 4.74 Å². The Bertz CT molecular complexity index is 808. The van der Waals surface area contributed by atoms with E-state index in [0.29, 0.717) is 0 Å². The van der Waals surface area contributed by atoms with Crippen LogP contribution in [0.1, 0.15) is 33.7 Å². The fraction of sp³-hybridized carbons (Fsp3) is 0.263. The van der Waals surface area contributed by atoms with Crippen molar-refractivity contribution in [3.63, 3.8) is 0 Å². The van der Waals surface area contributed by atoms with Crippen molar-refractivity contribution in [3.8, 4) is 6.07 Å². The summed E-state index contributed by atoms with van der Waals surface area (Å²) in [5.74, 6) is -1.17. The first-order valence-corrected chi connectivity index (χ1v) is 7.49. The molecule has 1 atom stereocenters. The van der Waals surface area contributed by atoms with Crippen molar-refractivity contribution < 1.29 is 13.9 Å². The van der Waals surface area contributed by atoms with Gasteiger partial charge in [0.05, 0.1) is 25.5 Å². The first-order valence-electron chi connectivity index (χ1n) is 7.49. The Kier molecular flexibility index (Phi) is 4.12. The summed E-state index contributed by atoms with van der Waals surface area (Å²) < 4.78 is 18.3. The second kappa shape index (κ2) is 6.21. The number of fused-ring (bicyclic) bond motifs is 2. The number of benzene rings is 2. The number of hydrogen-bond donors (Lipinski definition) is 0. The zero-order valence-corrected chi connectivity index (χ0v) is 12.8. The van der Waals surface area contributed by atoms with Crippen LogP contribution in [0.25, 0.3) is 0 Å². The highest BCUT2D eigenvalue weighted by Gasteiger charge is 2.24. The number of hydrogen-bond acceptors (Lipinski definition) is 3. The van der Waals surface area contributed by atoms with Crippen molar-refractivity contribution in [2.75, 3.05) is 7.11 Å². The summed E-state index contributed by atoms with van der Waals surface area (Å²) in [4.78, 5) is 11.5. The van der Waals surface area contributed by atoms with E-state index < -0.39 is 5.92 Å². The Labute approximate surface area is 134 Å². The lowest BCUT2D eigenvalue weighted by Crippen LogP contribution is -2.07. The number of nitrogens with zero attached hydrogens (tertiary/aromatic N) is 1. The lowest BCUT2D eigenvalue weighted by Gasteiger charge is -2.14. The van der Waals surface area contributed by atoms with Crippen LogP contribution in [0.2, 0.25) is 0 Å². The number of carbonyl (C=O) groups is 1. The standard InChI is InChI=1S/C19H16FNO2/c1-23-19(22)9-12-2-3-13-4-5-14-6-7-15(20)10-17(14)18(11-21)16(13)8-12/h2-3,6-8,10,18H,4-5,9H2,1H3. The van der Waals surface area contributed by atoms with Crippen LogP contribution in [0.5, 0.6) is 0 Å². The van der Waals surface area contributed by atoms with Gasteiger partial charge in [0.2, 0.25) is 0 Å². The van der Waals surface area contributed by atoms with Gasteiger partial charge in [0.25, 0.3) is 0 Å². The molecule has 23 heavy (non-hydrogen) atoms. The number of rotatable bonds is 2. The maximum atomic E-state index is 13.6. The molecule has 0 saturated carbocycles. The van der Waals surface area contributed by atoms with Gasteiger partial charge in [-0.3, -0.25) is 4.79 Å². The summed E-state index contributed by atoms with van der Waals surface area (Å²) in [6.45, 7) is 0. The predicted molar refractivity (Wildman–Crippen MR) is 83.4 cm³/mol. The van der Waals surface area contributed by atoms with Gasteiger partial charge in [-0.15, -0.1) is 0 Å². The average molecular weight is 309 g/mol. The molecule has 4 heteroatoms. The summed E-state index contributed by atoms with van der Waals surface area (Å²) in [6.07, 6.45) is 1.74. The minimum absolute atomic E-state index is 0.165. The maximum absolute atomic E-state index is 13.6. The first kappa shape index (κ1) is 15.2. The van der Waals surface area contributed by atoms with Gasteiger partial charge in [0, 0.05) is 0 Å². The average Bonchev–Trinajstić information content (AvgIpc) is 2.70. The molecule has 1 aliphatic carbocycles. The molecule has 1 unspecified atom stereocenters. The molecule has 0 aliphatic heterocycles. The molecule has 3 rings (SSSR count). The van der Waals surface area contributed by atoms with Crippen LogP contribution in [0.3, 0.4) is 0 Å². The zero-order chi connectivity index (χ0) is 16.4. The third-order valence-electron chi connectivity index (χ3n) is 4.31. The molecule has 1 aliphatic rings.